The van der Waals surface area contributed by atoms with Gasteiger partial charge in [0.15, 0.2) is 6.61 Å². The first-order chi connectivity index (χ1) is 19.3. The van der Waals surface area contributed by atoms with Crippen molar-refractivity contribution in [1.29, 1.82) is 0 Å². The van der Waals surface area contributed by atoms with Crippen LogP contribution < -0.4 is 20.7 Å². The first-order valence-electron chi connectivity index (χ1n) is 14.8. The van der Waals surface area contributed by atoms with Crippen LogP contribution in [0, 0.1) is 11.2 Å². The van der Waals surface area contributed by atoms with Gasteiger partial charge >= 0.3 is 0 Å². The van der Waals surface area contributed by atoms with Gasteiger partial charge in [0.05, 0.1) is 17.8 Å². The molecule has 5 aliphatic rings. The Bertz CT molecular complexity index is 1230. The van der Waals surface area contributed by atoms with Crippen LogP contribution in [-0.4, -0.2) is 45.3 Å². The summed E-state index contributed by atoms with van der Waals surface area (Å²) in [5.74, 6) is 0.381. The summed E-state index contributed by atoms with van der Waals surface area (Å²) in [5.41, 5.74) is -0.732. The Hall–Kier alpha value is -2.81. The fourth-order valence-electron chi connectivity index (χ4n) is 7.64. The molecule has 1 aromatic heterocycles. The van der Waals surface area contributed by atoms with Crippen LogP contribution in [-0.2, 0) is 16.1 Å². The zero-order chi connectivity index (χ0) is 27.8. The van der Waals surface area contributed by atoms with Gasteiger partial charge in [-0.15, -0.1) is 0 Å². The number of benzene rings is 1. The standard InChI is InChI=1S/C30H39ClFN5O3/c31-22-10-9-21(15-23(22)32)40-16-25(38)35-29-17-30(18-29,19-29)36-27(39)26-28(20-37-24(34-26)11-14-33-37)12-7-5-3-1-2-4-6-8-13-28/h9-11,14-15,26,34H,1-8,12-13,16-20H2,(H,35,38)(H,36,39). The number of nitrogens with one attached hydrogen (secondary N) is 3. The molecule has 1 spiro atoms. The van der Waals surface area contributed by atoms with Crippen LogP contribution >= 0.6 is 11.6 Å². The van der Waals surface area contributed by atoms with E-state index >= 15 is 0 Å². The zero-order valence-electron chi connectivity index (χ0n) is 22.9. The number of hydrogen-bond donors (Lipinski definition) is 3. The van der Waals surface area contributed by atoms with Gasteiger partial charge in [-0.05, 0) is 44.2 Å². The fraction of sp³-hybridized carbons (Fsp3) is 0.633. The number of rotatable bonds is 6. The molecule has 4 aliphatic carbocycles. The van der Waals surface area contributed by atoms with Gasteiger partial charge in [-0.25, -0.2) is 9.07 Å². The largest absolute Gasteiger partial charge is 0.484 e. The molecule has 8 nitrogen and oxygen atoms in total. The number of aromatic nitrogens is 2. The maximum Gasteiger partial charge on any atom is 0.258 e. The molecule has 40 heavy (non-hydrogen) atoms. The van der Waals surface area contributed by atoms with Gasteiger partial charge in [-0.2, -0.15) is 5.10 Å². The van der Waals surface area contributed by atoms with Gasteiger partial charge in [-0.3, -0.25) is 9.59 Å². The number of anilines is 1. The molecule has 1 atom stereocenters. The maximum absolute atomic E-state index is 13.9. The lowest BCUT2D eigenvalue weighted by molar-refractivity contribution is -0.152. The number of amides is 2. The van der Waals surface area contributed by atoms with Crippen molar-refractivity contribution in [3.05, 3.63) is 41.3 Å². The number of fused-ring (bicyclic) bond motifs is 1. The van der Waals surface area contributed by atoms with Crippen LogP contribution in [0.3, 0.4) is 0 Å². The third kappa shape index (κ3) is 5.41. The first kappa shape index (κ1) is 27.4. The number of carbonyl (C=O) groups is 2. The smallest absolute Gasteiger partial charge is 0.258 e. The Morgan fingerprint density at radius 3 is 2.33 bits per heavy atom. The number of carbonyl (C=O) groups excluding carboxylic acids is 2. The maximum atomic E-state index is 13.9. The van der Waals surface area contributed by atoms with Crippen LogP contribution in [0.5, 0.6) is 5.75 Å². The molecule has 2 amide bonds. The molecule has 2 bridgehead atoms. The molecular weight excluding hydrogens is 533 g/mol. The summed E-state index contributed by atoms with van der Waals surface area (Å²) in [7, 11) is 0. The Morgan fingerprint density at radius 2 is 1.65 bits per heavy atom. The van der Waals surface area contributed by atoms with Crippen LogP contribution in [0.1, 0.15) is 83.5 Å². The van der Waals surface area contributed by atoms with E-state index in [2.05, 4.69) is 21.0 Å². The van der Waals surface area contributed by atoms with Crippen LogP contribution in [0.15, 0.2) is 30.5 Å². The Labute approximate surface area is 239 Å². The second-order valence-corrected chi connectivity index (χ2v) is 13.0. The number of halogens is 2. The molecule has 1 unspecified atom stereocenters. The van der Waals surface area contributed by atoms with E-state index in [0.29, 0.717) is 19.3 Å². The summed E-state index contributed by atoms with van der Waals surface area (Å²) in [6, 6.07) is 5.75. The molecule has 2 heterocycles. The summed E-state index contributed by atoms with van der Waals surface area (Å²) in [6.45, 7) is 0.565. The van der Waals surface area contributed by atoms with Gasteiger partial charge in [0.1, 0.15) is 23.4 Å². The van der Waals surface area contributed by atoms with Crippen molar-refractivity contribution in [2.24, 2.45) is 5.41 Å². The SMILES string of the molecule is O=C(COc1ccc(Cl)c(F)c1)NC12CC(NC(=O)C3Nc4ccnn4CC34CCCCCCCCCC4)(C1)C2. The lowest BCUT2D eigenvalue weighted by atomic mass is 9.44. The molecule has 0 radical (unpaired) electrons. The van der Waals surface area contributed by atoms with Gasteiger partial charge in [0, 0.05) is 28.6 Å². The number of ether oxygens (including phenoxy) is 1. The molecule has 7 rings (SSSR count). The highest BCUT2D eigenvalue weighted by Gasteiger charge is 2.69. The van der Waals surface area contributed by atoms with Crippen molar-refractivity contribution in [2.45, 2.75) is 107 Å². The minimum Gasteiger partial charge on any atom is -0.484 e. The molecule has 4 saturated carbocycles. The highest BCUT2D eigenvalue weighted by atomic mass is 35.5. The average molecular weight is 572 g/mol. The summed E-state index contributed by atoms with van der Waals surface area (Å²) < 4.78 is 21.1. The van der Waals surface area contributed by atoms with Gasteiger partial charge in [0.2, 0.25) is 5.91 Å². The molecule has 216 valence electrons. The molecule has 2 aromatic rings. The minimum atomic E-state index is -0.587. The summed E-state index contributed by atoms with van der Waals surface area (Å²) in [4.78, 5) is 26.5. The monoisotopic (exact) mass is 571 g/mol. The van der Waals surface area contributed by atoms with Crippen LogP contribution in [0.4, 0.5) is 10.2 Å². The molecule has 3 N–H and O–H groups in total. The highest BCUT2D eigenvalue weighted by molar-refractivity contribution is 6.30. The van der Waals surface area contributed by atoms with Gasteiger partial charge in [-0.1, -0.05) is 63.0 Å². The molecular formula is C30H39ClFN5O3. The quantitative estimate of drug-likeness (QED) is 0.434. The molecule has 1 aliphatic heterocycles. The lowest BCUT2D eigenvalue weighted by Gasteiger charge is -2.70. The third-order valence-electron chi connectivity index (χ3n) is 9.53. The molecule has 1 aromatic carbocycles. The normalized spacial score (nSPS) is 29.0. The van der Waals surface area contributed by atoms with Crippen molar-refractivity contribution in [3.63, 3.8) is 0 Å². The first-order valence-corrected chi connectivity index (χ1v) is 15.2. The number of nitrogens with zero attached hydrogens (tertiary/aromatic N) is 2. The second-order valence-electron chi connectivity index (χ2n) is 12.6. The van der Waals surface area contributed by atoms with E-state index in [1.165, 1.54) is 56.7 Å². The molecule has 0 saturated heterocycles. The Balaban J connectivity index is 1.06. The minimum absolute atomic E-state index is 0.00827. The average Bonchev–Trinajstić information content (AvgIpc) is 3.32. The Kier molecular flexibility index (Phi) is 7.44. The van der Waals surface area contributed by atoms with Crippen LogP contribution in [0.25, 0.3) is 0 Å². The zero-order valence-corrected chi connectivity index (χ0v) is 23.7. The lowest BCUT2D eigenvalue weighted by Crippen LogP contribution is -2.84. The highest BCUT2D eigenvalue weighted by Crippen LogP contribution is 2.60. The summed E-state index contributed by atoms with van der Waals surface area (Å²) in [6.07, 6.45) is 15.8. The molecule has 4 fully saturated rings. The van der Waals surface area contributed by atoms with Crippen molar-refractivity contribution in [2.75, 3.05) is 11.9 Å². The van der Waals surface area contributed by atoms with E-state index in [0.717, 1.165) is 38.0 Å². The van der Waals surface area contributed by atoms with Gasteiger partial charge in [0.25, 0.3) is 5.91 Å². The van der Waals surface area contributed by atoms with Gasteiger partial charge < -0.3 is 20.7 Å². The summed E-state index contributed by atoms with van der Waals surface area (Å²) in [5, 5.41) is 14.6. The van der Waals surface area contributed by atoms with Crippen molar-refractivity contribution in [1.82, 2.24) is 20.4 Å². The van der Waals surface area contributed by atoms with Crippen molar-refractivity contribution < 1.29 is 18.7 Å². The summed E-state index contributed by atoms with van der Waals surface area (Å²) >= 11 is 5.70. The van der Waals surface area contributed by atoms with E-state index in [-0.39, 0.29) is 51.7 Å². The Morgan fingerprint density at radius 1 is 1.00 bits per heavy atom. The van der Waals surface area contributed by atoms with E-state index in [4.69, 9.17) is 16.3 Å². The van der Waals surface area contributed by atoms with Crippen molar-refractivity contribution >= 4 is 29.2 Å². The number of hydrogen-bond acceptors (Lipinski definition) is 5. The van der Waals surface area contributed by atoms with E-state index in [9.17, 15) is 14.0 Å². The predicted molar refractivity (Wildman–Crippen MR) is 151 cm³/mol. The second kappa shape index (κ2) is 10.9. The van der Waals surface area contributed by atoms with Crippen LogP contribution in [0.2, 0.25) is 5.02 Å². The van der Waals surface area contributed by atoms with E-state index in [1.54, 1.807) is 0 Å². The topological polar surface area (TPSA) is 97.3 Å². The van der Waals surface area contributed by atoms with Crippen molar-refractivity contribution in [3.8, 4) is 5.75 Å². The van der Waals surface area contributed by atoms with E-state index < -0.39 is 5.82 Å². The fourth-order valence-corrected chi connectivity index (χ4v) is 7.75. The molecule has 10 heteroatoms. The predicted octanol–water partition coefficient (Wildman–Crippen LogP) is 5.36. The van der Waals surface area contributed by atoms with E-state index in [1.807, 2.05) is 16.9 Å². The third-order valence-corrected chi connectivity index (χ3v) is 9.84.